The predicted octanol–water partition coefficient (Wildman–Crippen LogP) is 0.203. The van der Waals surface area contributed by atoms with Crippen LogP contribution in [-0.2, 0) is 16.0 Å². The summed E-state index contributed by atoms with van der Waals surface area (Å²) in [5.41, 5.74) is -0.377. The Kier molecular flexibility index (Phi) is 4.13. The standard InChI is InChI=1S/C11H14N2O5S/c14-5-7-1-2-8(18-7)13-4-6(3-9(15)16)10(17)12-11(13)19/h4,7-8,14H,1-3,5H2,(H,15,16)(H,12,17,19). The number of aliphatic hydroxyl groups is 1. The number of nitrogens with zero attached hydrogens (tertiary/aromatic N) is 1. The number of carboxylic acid groups (broad SMARTS) is 1. The lowest BCUT2D eigenvalue weighted by Crippen LogP contribution is -2.23. The van der Waals surface area contributed by atoms with Crippen molar-refractivity contribution in [2.24, 2.45) is 0 Å². The maximum atomic E-state index is 11.6. The second-order valence-electron chi connectivity index (χ2n) is 4.36. The number of hydrogen-bond donors (Lipinski definition) is 3. The van der Waals surface area contributed by atoms with Gasteiger partial charge in [0.1, 0.15) is 6.23 Å². The van der Waals surface area contributed by atoms with Crippen molar-refractivity contribution in [1.29, 1.82) is 0 Å². The van der Waals surface area contributed by atoms with Crippen LogP contribution in [0.15, 0.2) is 11.0 Å². The summed E-state index contributed by atoms with van der Waals surface area (Å²) in [4.78, 5) is 24.7. The van der Waals surface area contributed by atoms with Gasteiger partial charge in [-0.05, 0) is 25.1 Å². The number of rotatable bonds is 4. The lowest BCUT2D eigenvalue weighted by molar-refractivity contribution is -0.136. The Morgan fingerprint density at radius 1 is 1.58 bits per heavy atom. The molecule has 0 aromatic carbocycles. The van der Waals surface area contributed by atoms with E-state index < -0.39 is 11.5 Å². The van der Waals surface area contributed by atoms with Crippen molar-refractivity contribution in [3.63, 3.8) is 0 Å². The second-order valence-corrected chi connectivity index (χ2v) is 4.75. The van der Waals surface area contributed by atoms with E-state index in [1.54, 1.807) is 0 Å². The van der Waals surface area contributed by atoms with Crippen LogP contribution in [0.2, 0.25) is 0 Å². The first-order valence-corrected chi connectivity index (χ1v) is 6.24. The minimum atomic E-state index is -1.09. The Labute approximate surface area is 113 Å². The zero-order valence-electron chi connectivity index (χ0n) is 10.0. The van der Waals surface area contributed by atoms with E-state index in [9.17, 15) is 9.59 Å². The van der Waals surface area contributed by atoms with Crippen LogP contribution in [0.3, 0.4) is 0 Å². The Balaban J connectivity index is 2.33. The highest BCUT2D eigenvalue weighted by molar-refractivity contribution is 7.71. The number of aromatic nitrogens is 2. The molecule has 0 radical (unpaired) electrons. The van der Waals surface area contributed by atoms with Gasteiger partial charge in [-0.1, -0.05) is 0 Å². The number of H-pyrrole nitrogens is 1. The molecule has 19 heavy (non-hydrogen) atoms. The fraction of sp³-hybridized carbons (Fsp3) is 0.545. The Morgan fingerprint density at radius 2 is 2.32 bits per heavy atom. The van der Waals surface area contributed by atoms with Crippen molar-refractivity contribution in [3.8, 4) is 0 Å². The van der Waals surface area contributed by atoms with Crippen molar-refractivity contribution in [2.45, 2.75) is 31.6 Å². The first kappa shape index (κ1) is 13.9. The maximum Gasteiger partial charge on any atom is 0.308 e. The summed E-state index contributed by atoms with van der Waals surface area (Å²) in [6.45, 7) is -0.0742. The van der Waals surface area contributed by atoms with Gasteiger partial charge in [-0.3, -0.25) is 19.1 Å². The molecule has 3 N–H and O–H groups in total. The topological polar surface area (TPSA) is 105 Å². The lowest BCUT2D eigenvalue weighted by Gasteiger charge is -2.16. The van der Waals surface area contributed by atoms with Gasteiger partial charge in [-0.15, -0.1) is 0 Å². The molecule has 0 aliphatic carbocycles. The molecule has 1 aromatic rings. The van der Waals surface area contributed by atoms with E-state index in [0.29, 0.717) is 12.8 Å². The molecule has 2 atom stereocenters. The summed E-state index contributed by atoms with van der Waals surface area (Å²) in [6, 6.07) is 0. The van der Waals surface area contributed by atoms with Gasteiger partial charge in [0.25, 0.3) is 5.56 Å². The van der Waals surface area contributed by atoms with Gasteiger partial charge >= 0.3 is 5.97 Å². The zero-order valence-corrected chi connectivity index (χ0v) is 10.9. The highest BCUT2D eigenvalue weighted by Gasteiger charge is 2.26. The normalized spacial score (nSPS) is 22.6. The molecule has 0 saturated carbocycles. The van der Waals surface area contributed by atoms with Gasteiger partial charge < -0.3 is 14.9 Å². The van der Waals surface area contributed by atoms with Gasteiger partial charge in [0.15, 0.2) is 4.77 Å². The minimum absolute atomic E-state index is 0.0742. The molecule has 8 heteroatoms. The Bertz CT molecular complexity index is 593. The number of carbonyl (C=O) groups is 1. The summed E-state index contributed by atoms with van der Waals surface area (Å²) in [5, 5.41) is 17.8. The fourth-order valence-corrected chi connectivity index (χ4v) is 2.32. The van der Waals surface area contributed by atoms with Gasteiger partial charge in [-0.2, -0.15) is 0 Å². The molecular weight excluding hydrogens is 272 g/mol. The number of nitrogens with one attached hydrogen (secondary N) is 1. The number of carboxylic acids is 1. The largest absolute Gasteiger partial charge is 0.481 e. The van der Waals surface area contributed by atoms with Crippen LogP contribution in [0.4, 0.5) is 0 Å². The van der Waals surface area contributed by atoms with E-state index >= 15 is 0 Å². The summed E-state index contributed by atoms with van der Waals surface area (Å²) >= 11 is 5.04. The van der Waals surface area contributed by atoms with Gasteiger partial charge in [-0.25, -0.2) is 0 Å². The van der Waals surface area contributed by atoms with Crippen molar-refractivity contribution in [2.75, 3.05) is 6.61 Å². The summed E-state index contributed by atoms with van der Waals surface area (Å²) in [7, 11) is 0. The third kappa shape index (κ3) is 3.09. The molecule has 2 unspecified atom stereocenters. The number of aromatic amines is 1. The molecule has 0 amide bonds. The molecule has 1 aliphatic rings. The molecule has 1 aromatic heterocycles. The lowest BCUT2D eigenvalue weighted by atomic mass is 10.2. The minimum Gasteiger partial charge on any atom is -0.481 e. The molecule has 0 bridgehead atoms. The first-order valence-electron chi connectivity index (χ1n) is 5.83. The highest BCUT2D eigenvalue weighted by atomic mass is 32.1. The van der Waals surface area contributed by atoms with E-state index in [1.807, 2.05) is 0 Å². The van der Waals surface area contributed by atoms with Gasteiger partial charge in [0.2, 0.25) is 0 Å². The van der Waals surface area contributed by atoms with Crippen LogP contribution >= 0.6 is 12.2 Å². The van der Waals surface area contributed by atoms with Crippen LogP contribution in [0.5, 0.6) is 0 Å². The molecule has 2 heterocycles. The predicted molar refractivity (Wildman–Crippen MR) is 67.5 cm³/mol. The molecule has 1 fully saturated rings. The number of aliphatic hydroxyl groups excluding tert-OH is 1. The van der Waals surface area contributed by atoms with Crippen molar-refractivity contribution in [1.82, 2.24) is 9.55 Å². The fourth-order valence-electron chi connectivity index (χ4n) is 2.06. The van der Waals surface area contributed by atoms with Crippen LogP contribution in [-0.4, -0.2) is 38.4 Å². The van der Waals surface area contributed by atoms with E-state index in [2.05, 4.69) is 4.98 Å². The SMILES string of the molecule is O=C(O)Cc1cn(C2CCC(CO)O2)c(=S)[nH]c1=O. The quantitative estimate of drug-likeness (QED) is 0.683. The second kappa shape index (κ2) is 5.64. The van der Waals surface area contributed by atoms with Crippen LogP contribution in [0, 0.1) is 4.77 Å². The maximum absolute atomic E-state index is 11.6. The van der Waals surface area contributed by atoms with E-state index in [0.717, 1.165) is 0 Å². The van der Waals surface area contributed by atoms with Crippen LogP contribution in [0.25, 0.3) is 0 Å². The molecule has 0 spiro atoms. The van der Waals surface area contributed by atoms with Gasteiger partial charge in [0.05, 0.1) is 19.1 Å². The number of aliphatic carboxylic acids is 1. The highest BCUT2D eigenvalue weighted by Crippen LogP contribution is 2.27. The van der Waals surface area contributed by atoms with Crippen LogP contribution in [0.1, 0.15) is 24.6 Å². The Hall–Kier alpha value is -1.51. The summed E-state index contributed by atoms with van der Waals surface area (Å²) in [6.07, 6.45) is 1.76. The third-order valence-corrected chi connectivity index (χ3v) is 3.30. The van der Waals surface area contributed by atoms with Crippen LogP contribution < -0.4 is 5.56 Å². The molecule has 104 valence electrons. The van der Waals surface area contributed by atoms with Gasteiger partial charge in [0, 0.05) is 11.8 Å². The number of hydrogen-bond acceptors (Lipinski definition) is 5. The van der Waals surface area contributed by atoms with E-state index in [1.165, 1.54) is 10.8 Å². The first-order chi connectivity index (χ1) is 9.01. The monoisotopic (exact) mass is 286 g/mol. The summed E-state index contributed by atoms with van der Waals surface area (Å²) < 4.78 is 7.27. The smallest absolute Gasteiger partial charge is 0.308 e. The average Bonchev–Trinajstić information content (AvgIpc) is 2.80. The third-order valence-electron chi connectivity index (χ3n) is 2.98. The van der Waals surface area contributed by atoms with E-state index in [-0.39, 0.29) is 35.7 Å². The average molecular weight is 286 g/mol. The van der Waals surface area contributed by atoms with E-state index in [4.69, 9.17) is 27.2 Å². The van der Waals surface area contributed by atoms with Crippen molar-refractivity contribution >= 4 is 18.2 Å². The zero-order chi connectivity index (χ0) is 14.0. The molecule has 2 rings (SSSR count). The van der Waals surface area contributed by atoms with Crippen molar-refractivity contribution in [3.05, 3.63) is 26.9 Å². The number of ether oxygens (including phenoxy) is 1. The Morgan fingerprint density at radius 3 is 2.89 bits per heavy atom. The molecule has 1 aliphatic heterocycles. The molecule has 7 nitrogen and oxygen atoms in total. The molecule has 1 saturated heterocycles. The molecular formula is C11H14N2O5S. The summed E-state index contributed by atoms with van der Waals surface area (Å²) in [5.74, 6) is -1.09. The van der Waals surface area contributed by atoms with Crippen molar-refractivity contribution < 1.29 is 19.7 Å².